The summed E-state index contributed by atoms with van der Waals surface area (Å²) >= 11 is 0. The molecule has 1 unspecified atom stereocenters. The van der Waals surface area contributed by atoms with E-state index in [-0.39, 0.29) is 29.8 Å². The average Bonchev–Trinajstić information content (AvgIpc) is 3.69. The van der Waals surface area contributed by atoms with Crippen molar-refractivity contribution in [2.75, 3.05) is 51.3 Å². The standard InChI is InChI=1S/C28H33N3O5S.C2HF3O2/c1-20-7-8-21(2)27(15-20)29-10-12-30(13-11-29)28(32)26-18-31(17-25(26)22-9-14-36-19-22)37(33,34)24-6-4-5-23(16-24)35-3;3-2(4,5)1(6)7/h4-9,14-16,19,25-26H,10-13,17-18H2,1-3H3;(H,6,7)/t25?,26-;/m1./s1. The Hall–Kier alpha value is -4.04. The predicted molar refractivity (Wildman–Crippen MR) is 155 cm³/mol. The van der Waals surface area contributed by atoms with Crippen molar-refractivity contribution in [1.29, 1.82) is 0 Å². The molecule has 3 aromatic rings. The summed E-state index contributed by atoms with van der Waals surface area (Å²) in [7, 11) is -2.30. The van der Waals surface area contributed by atoms with E-state index in [1.165, 1.54) is 34.3 Å². The van der Waals surface area contributed by atoms with Crippen LogP contribution in [0, 0.1) is 19.8 Å². The number of sulfonamides is 1. The molecule has 2 saturated heterocycles. The summed E-state index contributed by atoms with van der Waals surface area (Å²) in [6, 6.07) is 14.7. The highest BCUT2D eigenvalue weighted by atomic mass is 32.2. The molecular weight excluding hydrogens is 603 g/mol. The first-order valence-corrected chi connectivity index (χ1v) is 15.2. The molecular formula is C30H34F3N3O7S. The van der Waals surface area contributed by atoms with Crippen LogP contribution in [-0.4, -0.2) is 87.2 Å². The van der Waals surface area contributed by atoms with Gasteiger partial charge in [0.15, 0.2) is 0 Å². The lowest BCUT2D eigenvalue weighted by molar-refractivity contribution is -0.192. The number of rotatable bonds is 6. The van der Waals surface area contributed by atoms with Crippen molar-refractivity contribution in [1.82, 2.24) is 9.21 Å². The number of hydrogen-bond acceptors (Lipinski definition) is 7. The fourth-order valence-corrected chi connectivity index (χ4v) is 6.94. The van der Waals surface area contributed by atoms with Crippen LogP contribution in [0.5, 0.6) is 5.75 Å². The smallest absolute Gasteiger partial charge is 0.490 e. The van der Waals surface area contributed by atoms with Crippen molar-refractivity contribution in [2.24, 2.45) is 5.92 Å². The Bertz CT molecular complexity index is 1570. The van der Waals surface area contributed by atoms with E-state index in [1.807, 2.05) is 11.0 Å². The second kappa shape index (κ2) is 13.3. The Morgan fingerprint density at radius 3 is 2.27 bits per heavy atom. The van der Waals surface area contributed by atoms with Crippen LogP contribution in [0.1, 0.15) is 22.6 Å². The van der Waals surface area contributed by atoms with E-state index >= 15 is 0 Å². The molecule has 0 bridgehead atoms. The van der Waals surface area contributed by atoms with Gasteiger partial charge in [0.2, 0.25) is 15.9 Å². The maximum Gasteiger partial charge on any atom is 0.490 e. The number of benzene rings is 2. The van der Waals surface area contributed by atoms with Gasteiger partial charge in [-0.15, -0.1) is 0 Å². The lowest BCUT2D eigenvalue weighted by atomic mass is 9.89. The number of carboxylic acid groups (broad SMARTS) is 1. The number of anilines is 1. The molecule has 2 aromatic carbocycles. The van der Waals surface area contributed by atoms with E-state index in [0.29, 0.717) is 18.8 Å². The number of nitrogens with zero attached hydrogens (tertiary/aromatic N) is 3. The minimum Gasteiger partial charge on any atom is -0.497 e. The number of ether oxygens (including phenoxy) is 1. The van der Waals surface area contributed by atoms with Crippen LogP contribution >= 0.6 is 0 Å². The molecule has 0 saturated carbocycles. The molecule has 1 amide bonds. The zero-order valence-electron chi connectivity index (χ0n) is 24.5. The molecule has 1 N–H and O–H groups in total. The molecule has 2 fully saturated rings. The molecule has 2 atom stereocenters. The summed E-state index contributed by atoms with van der Waals surface area (Å²) in [5.41, 5.74) is 4.49. The second-order valence-corrected chi connectivity index (χ2v) is 12.6. The Morgan fingerprint density at radius 1 is 1.00 bits per heavy atom. The highest BCUT2D eigenvalue weighted by Crippen LogP contribution is 2.38. The number of carbonyl (C=O) groups is 2. The molecule has 0 aliphatic carbocycles. The number of alkyl halides is 3. The maximum atomic E-state index is 13.8. The predicted octanol–water partition coefficient (Wildman–Crippen LogP) is 4.29. The lowest BCUT2D eigenvalue weighted by Crippen LogP contribution is -2.51. The minimum absolute atomic E-state index is 0.00448. The van der Waals surface area contributed by atoms with Gasteiger partial charge in [-0.05, 0) is 54.8 Å². The normalized spacial score (nSPS) is 19.3. The molecule has 10 nitrogen and oxygen atoms in total. The van der Waals surface area contributed by atoms with Crippen molar-refractivity contribution in [3.05, 3.63) is 77.7 Å². The van der Waals surface area contributed by atoms with Gasteiger partial charge < -0.3 is 24.1 Å². The molecule has 44 heavy (non-hydrogen) atoms. The second-order valence-electron chi connectivity index (χ2n) is 10.7. The molecule has 238 valence electrons. The van der Waals surface area contributed by atoms with E-state index in [9.17, 15) is 26.4 Å². The van der Waals surface area contributed by atoms with Gasteiger partial charge in [-0.1, -0.05) is 18.2 Å². The Morgan fingerprint density at radius 2 is 1.68 bits per heavy atom. The van der Waals surface area contributed by atoms with E-state index in [4.69, 9.17) is 19.1 Å². The average molecular weight is 638 g/mol. The number of carbonyl (C=O) groups excluding carboxylic acids is 1. The summed E-state index contributed by atoms with van der Waals surface area (Å²) in [5.74, 6) is -3.04. The van der Waals surface area contributed by atoms with Crippen LogP contribution in [0.4, 0.5) is 18.9 Å². The van der Waals surface area contributed by atoms with Crippen LogP contribution < -0.4 is 9.64 Å². The third-order valence-corrected chi connectivity index (χ3v) is 9.62. The van der Waals surface area contributed by atoms with Crippen LogP contribution in [-0.2, 0) is 19.6 Å². The summed E-state index contributed by atoms with van der Waals surface area (Å²) in [5, 5.41) is 7.12. The minimum atomic E-state index is -5.08. The SMILES string of the molecule is COc1cccc(S(=O)(=O)N2CC(c3ccoc3)[C@H](C(=O)N3CCN(c4cc(C)ccc4C)CC3)C2)c1.O=C(O)C(F)(F)F. The van der Waals surface area contributed by atoms with E-state index in [0.717, 1.165) is 18.7 Å². The highest BCUT2D eigenvalue weighted by Gasteiger charge is 2.45. The van der Waals surface area contributed by atoms with Crippen molar-refractivity contribution in [3.63, 3.8) is 0 Å². The van der Waals surface area contributed by atoms with Crippen LogP contribution in [0.2, 0.25) is 0 Å². The summed E-state index contributed by atoms with van der Waals surface area (Å²) < 4.78 is 70.8. The molecule has 0 spiro atoms. The number of piperazine rings is 1. The van der Waals surface area contributed by atoms with Crippen molar-refractivity contribution < 1.29 is 45.4 Å². The highest BCUT2D eigenvalue weighted by molar-refractivity contribution is 7.89. The number of carboxylic acids is 1. The van der Waals surface area contributed by atoms with Crippen LogP contribution in [0.15, 0.2) is 70.4 Å². The number of methoxy groups -OCH3 is 1. The summed E-state index contributed by atoms with van der Waals surface area (Å²) in [4.78, 5) is 27.1. The van der Waals surface area contributed by atoms with Crippen molar-refractivity contribution >= 4 is 27.6 Å². The third kappa shape index (κ3) is 7.36. The monoisotopic (exact) mass is 637 g/mol. The van der Waals surface area contributed by atoms with E-state index < -0.39 is 28.1 Å². The zero-order valence-corrected chi connectivity index (χ0v) is 25.3. The number of furan rings is 1. The Balaban J connectivity index is 0.000000566. The lowest BCUT2D eigenvalue weighted by Gasteiger charge is -2.38. The largest absolute Gasteiger partial charge is 0.497 e. The maximum absolute atomic E-state index is 13.8. The molecule has 3 heterocycles. The van der Waals surface area contributed by atoms with Gasteiger partial charge in [0.05, 0.1) is 30.4 Å². The fourth-order valence-electron chi connectivity index (χ4n) is 5.41. The molecule has 0 radical (unpaired) electrons. The third-order valence-electron chi connectivity index (χ3n) is 7.79. The Labute approximate surface area is 253 Å². The first-order valence-electron chi connectivity index (χ1n) is 13.8. The van der Waals surface area contributed by atoms with Gasteiger partial charge in [-0.25, -0.2) is 13.2 Å². The summed E-state index contributed by atoms with van der Waals surface area (Å²) in [6.07, 6.45) is -1.90. The Kier molecular flexibility index (Phi) is 9.94. The molecule has 2 aliphatic heterocycles. The molecule has 2 aliphatic rings. The van der Waals surface area contributed by atoms with Gasteiger partial charge in [-0.3, -0.25) is 4.79 Å². The van der Waals surface area contributed by atoms with Gasteiger partial charge in [0, 0.05) is 56.9 Å². The van der Waals surface area contributed by atoms with Gasteiger partial charge >= 0.3 is 12.1 Å². The number of hydrogen-bond donors (Lipinski definition) is 1. The fraction of sp³-hybridized carbons (Fsp3) is 0.400. The number of amides is 1. The van der Waals surface area contributed by atoms with Crippen LogP contribution in [0.3, 0.4) is 0 Å². The zero-order chi connectivity index (χ0) is 32.2. The van der Waals surface area contributed by atoms with Crippen LogP contribution in [0.25, 0.3) is 0 Å². The van der Waals surface area contributed by atoms with Crippen molar-refractivity contribution in [3.8, 4) is 5.75 Å². The molecule has 14 heteroatoms. The number of aliphatic carboxylic acids is 1. The van der Waals surface area contributed by atoms with Gasteiger partial charge in [0.1, 0.15) is 5.75 Å². The van der Waals surface area contributed by atoms with E-state index in [1.54, 1.807) is 30.7 Å². The molecule has 5 rings (SSSR count). The number of halogens is 3. The van der Waals surface area contributed by atoms with Gasteiger partial charge in [-0.2, -0.15) is 17.5 Å². The first-order chi connectivity index (χ1) is 20.7. The van der Waals surface area contributed by atoms with Crippen molar-refractivity contribution in [2.45, 2.75) is 30.8 Å². The van der Waals surface area contributed by atoms with Gasteiger partial charge in [0.25, 0.3) is 0 Å². The summed E-state index contributed by atoms with van der Waals surface area (Å²) in [6.45, 7) is 7.23. The molecule has 1 aromatic heterocycles. The number of aryl methyl sites for hydroxylation is 2. The quantitative estimate of drug-likeness (QED) is 0.425. The first kappa shape index (κ1) is 32.9. The van der Waals surface area contributed by atoms with E-state index in [2.05, 4.69) is 36.9 Å². The topological polar surface area (TPSA) is 121 Å².